The van der Waals surface area contributed by atoms with E-state index >= 15 is 0 Å². The summed E-state index contributed by atoms with van der Waals surface area (Å²) in [4.78, 5) is 16.1. The molecule has 2 saturated heterocycles. The van der Waals surface area contributed by atoms with E-state index in [0.29, 0.717) is 5.75 Å². The second-order valence-electron chi connectivity index (χ2n) is 5.51. The van der Waals surface area contributed by atoms with Gasteiger partial charge in [0.1, 0.15) is 5.75 Å². The molecule has 5 heteroatoms. The van der Waals surface area contributed by atoms with Gasteiger partial charge in [-0.2, -0.15) is 0 Å². The summed E-state index contributed by atoms with van der Waals surface area (Å²) in [5.41, 5.74) is 1.15. The fourth-order valence-corrected chi connectivity index (χ4v) is 2.79. The minimum atomic E-state index is -0.228. The Hall–Kier alpha value is -1.75. The molecule has 114 valence electrons. The van der Waals surface area contributed by atoms with Crippen molar-refractivity contribution < 1.29 is 14.3 Å². The number of amides is 1. The van der Waals surface area contributed by atoms with Gasteiger partial charge >= 0.3 is 6.09 Å². The van der Waals surface area contributed by atoms with Gasteiger partial charge in [-0.3, -0.25) is 0 Å². The van der Waals surface area contributed by atoms with Crippen LogP contribution < -0.4 is 9.64 Å². The molecule has 2 fully saturated rings. The van der Waals surface area contributed by atoms with E-state index in [9.17, 15) is 4.79 Å². The van der Waals surface area contributed by atoms with Crippen LogP contribution in [0.25, 0.3) is 0 Å². The molecule has 0 saturated carbocycles. The molecule has 0 aromatic heterocycles. The Morgan fingerprint density at radius 3 is 2.29 bits per heavy atom. The van der Waals surface area contributed by atoms with E-state index in [1.54, 1.807) is 4.90 Å². The third-order valence-electron chi connectivity index (χ3n) is 4.03. The van der Waals surface area contributed by atoms with E-state index in [1.807, 2.05) is 24.3 Å². The number of nitrogens with zero attached hydrogens (tertiary/aromatic N) is 2. The third-order valence-corrected chi connectivity index (χ3v) is 4.03. The Bertz CT molecular complexity index is 463. The molecule has 2 aliphatic rings. The highest BCUT2D eigenvalue weighted by Crippen LogP contribution is 2.21. The molecular weight excluding hydrogens is 268 g/mol. The average molecular weight is 290 g/mol. The molecule has 5 nitrogen and oxygen atoms in total. The van der Waals surface area contributed by atoms with Gasteiger partial charge in [0.15, 0.2) is 0 Å². The van der Waals surface area contributed by atoms with Crippen molar-refractivity contribution in [3.8, 4) is 5.75 Å². The molecule has 1 amide bonds. The molecule has 0 spiro atoms. The van der Waals surface area contributed by atoms with E-state index in [2.05, 4.69) is 4.90 Å². The fourth-order valence-electron chi connectivity index (χ4n) is 2.79. The van der Waals surface area contributed by atoms with E-state index in [0.717, 1.165) is 57.9 Å². The van der Waals surface area contributed by atoms with Crippen molar-refractivity contribution in [3.63, 3.8) is 0 Å². The van der Waals surface area contributed by atoms with E-state index in [-0.39, 0.29) is 6.09 Å². The van der Waals surface area contributed by atoms with Gasteiger partial charge in [0.25, 0.3) is 0 Å². The topological polar surface area (TPSA) is 42.0 Å². The summed E-state index contributed by atoms with van der Waals surface area (Å²) in [5.74, 6) is 0.614. The van der Waals surface area contributed by atoms with Crippen LogP contribution in [0, 0.1) is 0 Å². The lowest BCUT2D eigenvalue weighted by Gasteiger charge is -2.29. The zero-order valence-corrected chi connectivity index (χ0v) is 12.3. The minimum Gasteiger partial charge on any atom is -0.410 e. The maximum Gasteiger partial charge on any atom is 0.415 e. The molecular formula is C16H22N2O3. The summed E-state index contributed by atoms with van der Waals surface area (Å²) < 4.78 is 10.8. The Balaban J connectivity index is 1.57. The number of carbonyl (C=O) groups excluding carboxylic acids is 1. The zero-order chi connectivity index (χ0) is 14.5. The zero-order valence-electron chi connectivity index (χ0n) is 12.3. The van der Waals surface area contributed by atoms with Crippen LogP contribution in [0.1, 0.15) is 19.3 Å². The summed E-state index contributed by atoms with van der Waals surface area (Å²) in [5, 5.41) is 0. The molecule has 0 bridgehead atoms. The number of ether oxygens (including phenoxy) is 2. The van der Waals surface area contributed by atoms with Gasteiger partial charge in [0.05, 0.1) is 13.2 Å². The van der Waals surface area contributed by atoms with Crippen LogP contribution in [0.5, 0.6) is 5.75 Å². The first-order chi connectivity index (χ1) is 10.3. The molecule has 21 heavy (non-hydrogen) atoms. The van der Waals surface area contributed by atoms with Gasteiger partial charge in [-0.1, -0.05) is 0 Å². The van der Waals surface area contributed by atoms with Crippen molar-refractivity contribution in [2.75, 3.05) is 44.3 Å². The van der Waals surface area contributed by atoms with Gasteiger partial charge in [-0.15, -0.1) is 0 Å². The normalized spacial score (nSPS) is 19.4. The van der Waals surface area contributed by atoms with Gasteiger partial charge in [0, 0.05) is 31.9 Å². The van der Waals surface area contributed by atoms with Crippen LogP contribution in [-0.2, 0) is 4.74 Å². The first-order valence-electron chi connectivity index (χ1n) is 7.72. The van der Waals surface area contributed by atoms with Crippen LogP contribution in [0.15, 0.2) is 24.3 Å². The van der Waals surface area contributed by atoms with Crippen LogP contribution in [0.2, 0.25) is 0 Å². The number of morpholine rings is 1. The summed E-state index contributed by atoms with van der Waals surface area (Å²) >= 11 is 0. The highest BCUT2D eigenvalue weighted by Gasteiger charge is 2.18. The minimum absolute atomic E-state index is 0.228. The summed E-state index contributed by atoms with van der Waals surface area (Å²) in [6.07, 6.45) is 3.13. The van der Waals surface area contributed by atoms with Crippen LogP contribution >= 0.6 is 0 Å². The van der Waals surface area contributed by atoms with Gasteiger partial charge in [-0.05, 0) is 43.5 Å². The molecule has 0 aliphatic carbocycles. The molecule has 1 aromatic carbocycles. The van der Waals surface area contributed by atoms with Crippen molar-refractivity contribution in [2.24, 2.45) is 0 Å². The monoisotopic (exact) mass is 290 g/mol. The second-order valence-corrected chi connectivity index (χ2v) is 5.51. The van der Waals surface area contributed by atoms with E-state index < -0.39 is 0 Å². The molecule has 2 heterocycles. The molecule has 0 atom stereocenters. The predicted molar refractivity (Wildman–Crippen MR) is 80.9 cm³/mol. The SMILES string of the molecule is O=C(Oc1ccc(N2CCOCC2)cc1)N1CCCCC1. The highest BCUT2D eigenvalue weighted by molar-refractivity contribution is 5.71. The predicted octanol–water partition coefficient (Wildman–Crippen LogP) is 2.51. The maximum absolute atomic E-state index is 12.0. The quantitative estimate of drug-likeness (QED) is 0.839. The smallest absolute Gasteiger partial charge is 0.410 e. The van der Waals surface area contributed by atoms with Crippen LogP contribution in [0.4, 0.5) is 10.5 Å². The number of likely N-dealkylation sites (tertiary alicyclic amines) is 1. The Morgan fingerprint density at radius 1 is 0.952 bits per heavy atom. The number of carbonyl (C=O) groups is 1. The van der Waals surface area contributed by atoms with E-state index in [1.165, 1.54) is 6.42 Å². The standard InChI is InChI=1S/C16H22N2O3/c19-16(18-8-2-1-3-9-18)21-15-6-4-14(5-7-15)17-10-12-20-13-11-17/h4-7H,1-3,8-13H2. The summed E-state index contributed by atoms with van der Waals surface area (Å²) in [6, 6.07) is 7.74. The van der Waals surface area contributed by atoms with Crippen molar-refractivity contribution in [1.29, 1.82) is 0 Å². The maximum atomic E-state index is 12.0. The number of benzene rings is 1. The average Bonchev–Trinajstić information content (AvgIpc) is 2.57. The second kappa shape index (κ2) is 6.80. The molecule has 0 radical (unpaired) electrons. The van der Waals surface area contributed by atoms with Gasteiger partial charge in [0.2, 0.25) is 0 Å². The number of piperidine rings is 1. The third kappa shape index (κ3) is 3.67. The van der Waals surface area contributed by atoms with Crippen molar-refractivity contribution >= 4 is 11.8 Å². The first-order valence-corrected chi connectivity index (χ1v) is 7.72. The van der Waals surface area contributed by atoms with Crippen molar-refractivity contribution in [3.05, 3.63) is 24.3 Å². The largest absolute Gasteiger partial charge is 0.415 e. The lowest BCUT2D eigenvalue weighted by atomic mass is 10.1. The molecule has 1 aromatic rings. The lowest BCUT2D eigenvalue weighted by molar-refractivity contribution is 0.122. The number of rotatable bonds is 2. The first kappa shape index (κ1) is 14.2. The fraction of sp³-hybridized carbons (Fsp3) is 0.562. The lowest BCUT2D eigenvalue weighted by Crippen LogP contribution is -2.37. The summed E-state index contributed by atoms with van der Waals surface area (Å²) in [6.45, 7) is 4.98. The van der Waals surface area contributed by atoms with Crippen molar-refractivity contribution in [2.45, 2.75) is 19.3 Å². The van der Waals surface area contributed by atoms with E-state index in [4.69, 9.17) is 9.47 Å². The highest BCUT2D eigenvalue weighted by atomic mass is 16.6. The Kier molecular flexibility index (Phi) is 4.60. The van der Waals surface area contributed by atoms with Gasteiger partial charge in [-0.25, -0.2) is 4.79 Å². The van der Waals surface area contributed by atoms with Crippen LogP contribution in [-0.4, -0.2) is 50.4 Å². The Labute approximate surface area is 125 Å². The molecule has 2 aliphatic heterocycles. The number of hydrogen-bond acceptors (Lipinski definition) is 4. The van der Waals surface area contributed by atoms with Crippen molar-refractivity contribution in [1.82, 2.24) is 4.90 Å². The van der Waals surface area contributed by atoms with Gasteiger partial charge < -0.3 is 19.3 Å². The number of anilines is 1. The Morgan fingerprint density at radius 2 is 1.62 bits per heavy atom. The number of hydrogen-bond donors (Lipinski definition) is 0. The summed E-state index contributed by atoms with van der Waals surface area (Å²) in [7, 11) is 0. The molecule has 0 unspecified atom stereocenters. The molecule has 0 N–H and O–H groups in total. The molecule has 3 rings (SSSR count). The van der Waals surface area contributed by atoms with Crippen LogP contribution in [0.3, 0.4) is 0 Å².